The highest BCUT2D eigenvalue weighted by Crippen LogP contribution is 2.07. The first-order valence-electron chi connectivity index (χ1n) is 6.81. The molecule has 1 aliphatic heterocycles. The van der Waals surface area contributed by atoms with Gasteiger partial charge in [0.05, 0.1) is 11.0 Å². The van der Waals surface area contributed by atoms with E-state index in [1.54, 1.807) is 0 Å². The molecule has 0 amide bonds. The van der Waals surface area contributed by atoms with Gasteiger partial charge in [-0.05, 0) is 13.8 Å². The molecule has 6 heteroatoms. The van der Waals surface area contributed by atoms with Crippen molar-refractivity contribution in [1.82, 2.24) is 19.4 Å². The van der Waals surface area contributed by atoms with E-state index >= 15 is 0 Å². The minimum Gasteiger partial charge on any atom is -0.392 e. The third-order valence-corrected chi connectivity index (χ3v) is 4.29. The molecule has 0 saturated carbocycles. The first-order chi connectivity index (χ1) is 9.08. The predicted molar refractivity (Wildman–Crippen MR) is 81.2 cm³/mol. The van der Waals surface area contributed by atoms with Crippen LogP contribution in [0.4, 0.5) is 0 Å². The van der Waals surface area contributed by atoms with Gasteiger partial charge in [0.1, 0.15) is 5.82 Å². The van der Waals surface area contributed by atoms with E-state index in [2.05, 4.69) is 26.3 Å². The SMILES string of the molecule is Cc1nccn1CCN1CCN(C(C)C(N)=S)CC1. The zero-order valence-electron chi connectivity index (χ0n) is 11.7. The second kappa shape index (κ2) is 6.45. The van der Waals surface area contributed by atoms with Crippen molar-refractivity contribution < 1.29 is 0 Å². The molecule has 5 nitrogen and oxygen atoms in total. The molecule has 1 aromatic rings. The maximum atomic E-state index is 5.71. The third kappa shape index (κ3) is 3.75. The Hall–Kier alpha value is -0.980. The lowest BCUT2D eigenvalue weighted by Gasteiger charge is -2.37. The molecule has 0 aliphatic carbocycles. The van der Waals surface area contributed by atoms with Crippen LogP contribution in [0.5, 0.6) is 0 Å². The normalized spacial score (nSPS) is 19.5. The Kier molecular flexibility index (Phi) is 4.90. The molecular formula is C13H23N5S. The van der Waals surface area contributed by atoms with Crippen molar-refractivity contribution in [1.29, 1.82) is 0 Å². The van der Waals surface area contributed by atoms with Gasteiger partial charge in [-0.25, -0.2) is 4.98 Å². The van der Waals surface area contributed by atoms with E-state index in [1.165, 1.54) is 0 Å². The fraction of sp³-hybridized carbons (Fsp3) is 0.692. The van der Waals surface area contributed by atoms with E-state index in [4.69, 9.17) is 18.0 Å². The number of nitrogens with zero attached hydrogens (tertiary/aromatic N) is 4. The molecule has 1 aromatic heterocycles. The van der Waals surface area contributed by atoms with E-state index in [1.807, 2.05) is 19.3 Å². The molecule has 19 heavy (non-hydrogen) atoms. The maximum absolute atomic E-state index is 5.71. The van der Waals surface area contributed by atoms with Gasteiger partial charge in [0.15, 0.2) is 0 Å². The molecule has 106 valence electrons. The van der Waals surface area contributed by atoms with Crippen molar-refractivity contribution in [3.63, 3.8) is 0 Å². The van der Waals surface area contributed by atoms with Crippen LogP contribution in [0.2, 0.25) is 0 Å². The smallest absolute Gasteiger partial charge is 0.105 e. The summed E-state index contributed by atoms with van der Waals surface area (Å²) in [6.07, 6.45) is 3.90. The first-order valence-corrected chi connectivity index (χ1v) is 7.22. The Balaban J connectivity index is 1.75. The molecule has 1 aliphatic rings. The lowest BCUT2D eigenvalue weighted by molar-refractivity contribution is 0.120. The summed E-state index contributed by atoms with van der Waals surface area (Å²) in [4.78, 5) is 9.69. The van der Waals surface area contributed by atoms with Crippen LogP contribution < -0.4 is 5.73 Å². The molecule has 0 spiro atoms. The average Bonchev–Trinajstić information content (AvgIpc) is 2.81. The lowest BCUT2D eigenvalue weighted by Crippen LogP contribution is -2.53. The summed E-state index contributed by atoms with van der Waals surface area (Å²) in [6, 6.07) is 0.216. The van der Waals surface area contributed by atoms with Crippen LogP contribution in [0, 0.1) is 6.92 Å². The number of piperazine rings is 1. The van der Waals surface area contributed by atoms with Gasteiger partial charge in [-0.1, -0.05) is 12.2 Å². The number of nitrogens with two attached hydrogens (primary N) is 1. The largest absolute Gasteiger partial charge is 0.392 e. The topological polar surface area (TPSA) is 50.3 Å². The van der Waals surface area contributed by atoms with Crippen LogP contribution in [0.1, 0.15) is 12.7 Å². The van der Waals surface area contributed by atoms with Gasteiger partial charge in [0.25, 0.3) is 0 Å². The van der Waals surface area contributed by atoms with Crippen LogP contribution in [-0.2, 0) is 6.54 Å². The highest BCUT2D eigenvalue weighted by Gasteiger charge is 2.22. The Morgan fingerprint density at radius 2 is 2.05 bits per heavy atom. The van der Waals surface area contributed by atoms with Gasteiger partial charge >= 0.3 is 0 Å². The van der Waals surface area contributed by atoms with Gasteiger partial charge in [0.2, 0.25) is 0 Å². The minimum absolute atomic E-state index is 0.216. The first kappa shape index (κ1) is 14.4. The molecule has 1 fully saturated rings. The summed E-state index contributed by atoms with van der Waals surface area (Å²) >= 11 is 5.06. The van der Waals surface area contributed by atoms with Crippen molar-refractivity contribution in [3.8, 4) is 0 Å². The monoisotopic (exact) mass is 281 g/mol. The molecule has 2 rings (SSSR count). The fourth-order valence-corrected chi connectivity index (χ4v) is 2.59. The summed E-state index contributed by atoms with van der Waals surface area (Å²) in [5, 5.41) is 0. The van der Waals surface area contributed by atoms with E-state index in [-0.39, 0.29) is 6.04 Å². The number of imidazole rings is 1. The van der Waals surface area contributed by atoms with Crippen molar-refractivity contribution in [2.45, 2.75) is 26.4 Å². The van der Waals surface area contributed by atoms with Gasteiger partial charge in [-0.3, -0.25) is 9.80 Å². The second-order valence-corrected chi connectivity index (χ2v) is 5.60. The maximum Gasteiger partial charge on any atom is 0.105 e. The van der Waals surface area contributed by atoms with Gasteiger partial charge in [-0.15, -0.1) is 0 Å². The number of rotatable bonds is 5. The summed E-state index contributed by atoms with van der Waals surface area (Å²) < 4.78 is 2.20. The molecule has 0 radical (unpaired) electrons. The van der Waals surface area contributed by atoms with Crippen LogP contribution in [0.3, 0.4) is 0 Å². The van der Waals surface area contributed by atoms with E-state index in [9.17, 15) is 0 Å². The molecule has 1 atom stereocenters. The number of hydrogen-bond donors (Lipinski definition) is 1. The third-order valence-electron chi connectivity index (χ3n) is 3.95. The zero-order chi connectivity index (χ0) is 13.8. The van der Waals surface area contributed by atoms with Crippen molar-refractivity contribution >= 4 is 17.2 Å². The second-order valence-electron chi connectivity index (χ2n) is 5.12. The molecule has 2 heterocycles. The van der Waals surface area contributed by atoms with Gasteiger partial charge in [0, 0.05) is 51.7 Å². The van der Waals surface area contributed by atoms with Crippen molar-refractivity contribution in [2.75, 3.05) is 32.7 Å². The van der Waals surface area contributed by atoms with Crippen LogP contribution >= 0.6 is 12.2 Å². The Labute approximate surface area is 120 Å². The Bertz CT molecular complexity index is 422. The van der Waals surface area contributed by atoms with Crippen molar-refractivity contribution in [2.24, 2.45) is 5.73 Å². The van der Waals surface area contributed by atoms with E-state index < -0.39 is 0 Å². The van der Waals surface area contributed by atoms with Crippen LogP contribution in [0.25, 0.3) is 0 Å². The van der Waals surface area contributed by atoms with Crippen LogP contribution in [0.15, 0.2) is 12.4 Å². The Morgan fingerprint density at radius 3 is 2.58 bits per heavy atom. The number of hydrogen-bond acceptors (Lipinski definition) is 4. The number of aromatic nitrogens is 2. The van der Waals surface area contributed by atoms with Gasteiger partial charge in [-0.2, -0.15) is 0 Å². The highest BCUT2D eigenvalue weighted by molar-refractivity contribution is 7.80. The highest BCUT2D eigenvalue weighted by atomic mass is 32.1. The van der Waals surface area contributed by atoms with E-state index in [0.29, 0.717) is 4.99 Å². The lowest BCUT2D eigenvalue weighted by atomic mass is 10.2. The summed E-state index contributed by atoms with van der Waals surface area (Å²) in [5.74, 6) is 1.08. The molecule has 0 bridgehead atoms. The Morgan fingerprint density at radius 1 is 1.37 bits per heavy atom. The zero-order valence-corrected chi connectivity index (χ0v) is 12.6. The van der Waals surface area contributed by atoms with E-state index in [0.717, 1.165) is 45.1 Å². The fourth-order valence-electron chi connectivity index (χ4n) is 2.44. The van der Waals surface area contributed by atoms with Crippen molar-refractivity contribution in [3.05, 3.63) is 18.2 Å². The molecule has 2 N–H and O–H groups in total. The predicted octanol–water partition coefficient (Wildman–Crippen LogP) is 0.484. The summed E-state index contributed by atoms with van der Waals surface area (Å²) in [7, 11) is 0. The summed E-state index contributed by atoms with van der Waals surface area (Å²) in [5.41, 5.74) is 5.71. The standard InChI is InChI=1S/C13H23N5S/c1-11(13(14)19)17-8-5-16(6-9-17)7-10-18-4-3-15-12(18)2/h3-4,11H,5-10H2,1-2H3,(H2,14,19). The number of thiocarbonyl (C=S) groups is 1. The van der Waals surface area contributed by atoms with Crippen LogP contribution in [-0.4, -0.2) is 63.1 Å². The molecule has 1 saturated heterocycles. The van der Waals surface area contributed by atoms with Gasteiger partial charge < -0.3 is 10.3 Å². The quantitative estimate of drug-likeness (QED) is 0.796. The molecule has 1 unspecified atom stereocenters. The minimum atomic E-state index is 0.216. The molecular weight excluding hydrogens is 258 g/mol. The number of aryl methyl sites for hydroxylation is 1. The molecule has 0 aromatic carbocycles. The summed E-state index contributed by atoms with van der Waals surface area (Å²) in [6.45, 7) is 10.5. The average molecular weight is 281 g/mol.